The van der Waals surface area contributed by atoms with E-state index in [2.05, 4.69) is 6.08 Å². The highest BCUT2D eigenvalue weighted by Gasteiger charge is 2.36. The number of likely N-dealkylation sites (tertiary alicyclic amines) is 1. The zero-order chi connectivity index (χ0) is 21.1. The highest BCUT2D eigenvalue weighted by atomic mass is 19.1. The van der Waals surface area contributed by atoms with Crippen molar-refractivity contribution >= 4 is 17.8 Å². The maximum Gasteiger partial charge on any atom is 0.223 e. The predicted molar refractivity (Wildman–Crippen MR) is 109 cm³/mol. The van der Waals surface area contributed by atoms with E-state index in [0.717, 1.165) is 24.0 Å². The van der Waals surface area contributed by atoms with E-state index in [1.807, 2.05) is 29.2 Å². The Hall–Kier alpha value is -3.20. The van der Waals surface area contributed by atoms with Gasteiger partial charge in [-0.2, -0.15) is 5.26 Å². The molecule has 0 N–H and O–H groups in total. The van der Waals surface area contributed by atoms with Crippen LogP contribution in [0.5, 0.6) is 0 Å². The lowest BCUT2D eigenvalue weighted by Crippen LogP contribution is -2.40. The van der Waals surface area contributed by atoms with E-state index in [1.165, 1.54) is 12.1 Å². The molecule has 2 unspecified atom stereocenters. The van der Waals surface area contributed by atoms with E-state index in [-0.39, 0.29) is 35.5 Å². The average molecular weight is 406 g/mol. The van der Waals surface area contributed by atoms with Crippen LogP contribution in [-0.4, -0.2) is 36.3 Å². The maximum atomic E-state index is 13.4. The summed E-state index contributed by atoms with van der Waals surface area (Å²) in [7, 11) is 0. The number of rotatable bonds is 4. The Bertz CT molecular complexity index is 981. The van der Waals surface area contributed by atoms with Crippen molar-refractivity contribution in [1.82, 2.24) is 4.90 Å². The summed E-state index contributed by atoms with van der Waals surface area (Å²) in [5.41, 5.74) is 1.73. The molecule has 154 valence electrons. The Morgan fingerprint density at radius 2 is 2.13 bits per heavy atom. The van der Waals surface area contributed by atoms with E-state index in [0.29, 0.717) is 25.6 Å². The largest absolute Gasteiger partial charge is 0.500 e. The topological polar surface area (TPSA) is 70.4 Å². The van der Waals surface area contributed by atoms with Crippen molar-refractivity contribution in [2.24, 2.45) is 17.8 Å². The molecule has 0 aromatic heterocycles. The van der Waals surface area contributed by atoms with Crippen molar-refractivity contribution in [3.63, 3.8) is 0 Å². The number of amides is 1. The molecule has 6 heteroatoms. The summed E-state index contributed by atoms with van der Waals surface area (Å²) >= 11 is 0. The number of carbonyl (C=O) groups excluding carboxylic acids is 2. The Balaban J connectivity index is 1.29. The minimum Gasteiger partial charge on any atom is -0.500 e. The number of nitrogens with zero attached hydrogens (tertiary/aromatic N) is 2. The van der Waals surface area contributed by atoms with Crippen molar-refractivity contribution in [1.29, 1.82) is 5.26 Å². The lowest BCUT2D eigenvalue weighted by atomic mass is 9.81. The van der Waals surface area contributed by atoms with Gasteiger partial charge in [0.15, 0.2) is 5.78 Å². The molecule has 0 spiro atoms. The quantitative estimate of drug-likeness (QED) is 0.766. The zero-order valence-corrected chi connectivity index (χ0v) is 16.6. The number of hydrogen-bond donors (Lipinski definition) is 0. The number of benzene rings is 1. The first-order chi connectivity index (χ1) is 14.5. The van der Waals surface area contributed by atoms with Crippen LogP contribution in [0.1, 0.15) is 30.4 Å². The van der Waals surface area contributed by atoms with Crippen molar-refractivity contribution < 1.29 is 18.7 Å². The molecule has 1 aromatic carbocycles. The fraction of sp³-hybridized carbons (Fsp3) is 0.375. The van der Waals surface area contributed by atoms with E-state index in [9.17, 15) is 14.0 Å². The summed E-state index contributed by atoms with van der Waals surface area (Å²) in [4.78, 5) is 27.1. The number of piperidine rings is 1. The summed E-state index contributed by atoms with van der Waals surface area (Å²) < 4.78 is 18.7. The second kappa shape index (κ2) is 8.66. The van der Waals surface area contributed by atoms with Crippen LogP contribution in [0, 0.1) is 34.9 Å². The van der Waals surface area contributed by atoms with Crippen LogP contribution in [0.15, 0.2) is 48.3 Å². The van der Waals surface area contributed by atoms with Crippen LogP contribution in [-0.2, 0) is 14.3 Å². The number of ketones is 1. The van der Waals surface area contributed by atoms with Gasteiger partial charge < -0.3 is 9.64 Å². The number of carbonyl (C=O) groups is 2. The van der Waals surface area contributed by atoms with Gasteiger partial charge in [0.05, 0.1) is 17.7 Å². The molecular weight excluding hydrogens is 383 g/mol. The number of hydrogen-bond acceptors (Lipinski definition) is 4. The summed E-state index contributed by atoms with van der Waals surface area (Å²) in [5, 5.41) is 8.93. The van der Waals surface area contributed by atoms with Gasteiger partial charge in [0, 0.05) is 31.0 Å². The number of halogens is 1. The van der Waals surface area contributed by atoms with Crippen LogP contribution in [0.25, 0.3) is 6.08 Å². The molecule has 30 heavy (non-hydrogen) atoms. The number of ether oxygens (including phenoxy) is 1. The highest BCUT2D eigenvalue weighted by Crippen LogP contribution is 2.31. The second-order valence-electron chi connectivity index (χ2n) is 8.00. The highest BCUT2D eigenvalue weighted by molar-refractivity contribution is 5.93. The van der Waals surface area contributed by atoms with Gasteiger partial charge in [-0.15, -0.1) is 0 Å². The summed E-state index contributed by atoms with van der Waals surface area (Å²) in [6.45, 7) is 1.69. The minimum absolute atomic E-state index is 0.0176. The Morgan fingerprint density at radius 1 is 1.33 bits per heavy atom. The molecule has 1 saturated heterocycles. The third-order valence-electron chi connectivity index (χ3n) is 6.07. The van der Waals surface area contributed by atoms with E-state index < -0.39 is 5.82 Å². The Labute approximate surface area is 175 Å². The molecular formula is C24H23FN2O3. The van der Waals surface area contributed by atoms with Crippen LogP contribution < -0.4 is 0 Å². The number of nitriles is 1. The molecule has 5 nitrogen and oxygen atoms in total. The second-order valence-corrected chi connectivity index (χ2v) is 8.00. The monoisotopic (exact) mass is 406 g/mol. The molecule has 1 amide bonds. The molecule has 1 aliphatic carbocycles. The lowest BCUT2D eigenvalue weighted by Gasteiger charge is -2.32. The fourth-order valence-corrected chi connectivity index (χ4v) is 4.21. The van der Waals surface area contributed by atoms with Gasteiger partial charge in [-0.05, 0) is 36.5 Å². The predicted octanol–water partition coefficient (Wildman–Crippen LogP) is 3.62. The van der Waals surface area contributed by atoms with Gasteiger partial charge in [0.2, 0.25) is 5.91 Å². The standard InChI is InChI=1S/C24H23FN2O3/c25-22-6-3-17(11-20(22)13-26)2-1-16-7-9-27(10-8-16)23(28)12-18-4-5-19-14-30-15-21(19)24(18)29/h1-6,11,14,16,18,21H,7-10,12,15H2/b2-1+. The molecule has 2 heterocycles. The minimum atomic E-state index is -0.513. The van der Waals surface area contributed by atoms with Crippen LogP contribution >= 0.6 is 0 Å². The number of fused-ring (bicyclic) bond motifs is 1. The van der Waals surface area contributed by atoms with E-state index in [4.69, 9.17) is 10.00 Å². The number of allylic oxidation sites excluding steroid dienone is 3. The molecule has 1 aromatic rings. The van der Waals surface area contributed by atoms with E-state index >= 15 is 0 Å². The van der Waals surface area contributed by atoms with Crippen LogP contribution in [0.3, 0.4) is 0 Å². The van der Waals surface area contributed by atoms with Crippen molar-refractivity contribution in [3.05, 3.63) is 65.2 Å². The van der Waals surface area contributed by atoms with Gasteiger partial charge in [-0.25, -0.2) is 4.39 Å². The van der Waals surface area contributed by atoms with E-state index in [1.54, 1.807) is 12.3 Å². The fourth-order valence-electron chi connectivity index (χ4n) is 4.21. The smallest absolute Gasteiger partial charge is 0.223 e. The molecule has 2 aliphatic heterocycles. The van der Waals surface area contributed by atoms with Gasteiger partial charge in [0.1, 0.15) is 18.5 Å². The molecule has 2 atom stereocenters. The average Bonchev–Trinajstić information content (AvgIpc) is 3.25. The molecule has 0 saturated carbocycles. The third kappa shape index (κ3) is 4.20. The summed E-state index contributed by atoms with van der Waals surface area (Å²) in [6, 6.07) is 6.34. The van der Waals surface area contributed by atoms with Gasteiger partial charge in [0.25, 0.3) is 0 Å². The van der Waals surface area contributed by atoms with Gasteiger partial charge in [-0.3, -0.25) is 9.59 Å². The zero-order valence-electron chi connectivity index (χ0n) is 16.6. The normalized spacial score (nSPS) is 23.8. The van der Waals surface area contributed by atoms with Crippen molar-refractivity contribution in [2.45, 2.75) is 19.3 Å². The lowest BCUT2D eigenvalue weighted by molar-refractivity contribution is -0.136. The van der Waals surface area contributed by atoms with Crippen molar-refractivity contribution in [3.8, 4) is 6.07 Å². The van der Waals surface area contributed by atoms with Crippen LogP contribution in [0.4, 0.5) is 4.39 Å². The first kappa shape index (κ1) is 20.1. The first-order valence-corrected chi connectivity index (χ1v) is 10.2. The molecule has 1 fully saturated rings. The maximum absolute atomic E-state index is 13.4. The SMILES string of the molecule is N#Cc1cc(/C=C/C2CCN(C(=O)CC3C=CC4=COCC4C3=O)CC2)ccc1F. The molecule has 3 aliphatic rings. The summed E-state index contributed by atoms with van der Waals surface area (Å²) in [5.74, 6) is -0.694. The summed E-state index contributed by atoms with van der Waals surface area (Å²) in [6.07, 6.45) is 11.2. The number of Topliss-reactive ketones (excluding diaryl/α,β-unsaturated/α-hetero) is 1. The van der Waals surface area contributed by atoms with Gasteiger partial charge >= 0.3 is 0 Å². The molecule has 0 bridgehead atoms. The van der Waals surface area contributed by atoms with Crippen molar-refractivity contribution in [2.75, 3.05) is 19.7 Å². The van der Waals surface area contributed by atoms with Crippen LogP contribution in [0.2, 0.25) is 0 Å². The molecule has 4 rings (SSSR count). The first-order valence-electron chi connectivity index (χ1n) is 10.2. The Morgan fingerprint density at radius 3 is 2.90 bits per heavy atom. The van der Waals surface area contributed by atoms with Gasteiger partial charge in [-0.1, -0.05) is 30.4 Å². The Kier molecular flexibility index (Phi) is 5.80. The molecule has 0 radical (unpaired) electrons. The third-order valence-corrected chi connectivity index (χ3v) is 6.07.